The molecule has 0 N–H and O–H groups in total. The van der Waals surface area contributed by atoms with E-state index < -0.39 is 0 Å². The van der Waals surface area contributed by atoms with E-state index in [9.17, 15) is 0 Å². The van der Waals surface area contributed by atoms with Crippen LogP contribution in [0.5, 0.6) is 0 Å². The molecule has 0 amide bonds. The fourth-order valence-corrected chi connectivity index (χ4v) is 5.41. The average molecular weight is 277 g/mol. The van der Waals surface area contributed by atoms with Gasteiger partial charge in [0.25, 0.3) is 0 Å². The maximum atomic E-state index is 2.62. The van der Waals surface area contributed by atoms with Crippen molar-refractivity contribution in [2.75, 3.05) is 0 Å². The molecule has 0 nitrogen and oxygen atoms in total. The van der Waals surface area contributed by atoms with E-state index in [1.165, 1.54) is 51.4 Å². The van der Waals surface area contributed by atoms with Crippen LogP contribution < -0.4 is 0 Å². The lowest BCUT2D eigenvalue weighted by atomic mass is 9.61. The maximum Gasteiger partial charge on any atom is -0.0146 e. The van der Waals surface area contributed by atoms with Gasteiger partial charge in [0.15, 0.2) is 0 Å². The molecule has 0 aromatic heterocycles. The molecule has 2 aliphatic carbocycles. The topological polar surface area (TPSA) is 0 Å². The van der Waals surface area contributed by atoms with Gasteiger partial charge in [-0.2, -0.15) is 0 Å². The molecule has 2 fully saturated rings. The van der Waals surface area contributed by atoms with Gasteiger partial charge in [-0.25, -0.2) is 0 Å². The Morgan fingerprint density at radius 1 is 1.20 bits per heavy atom. The molecule has 0 aromatic rings. The van der Waals surface area contributed by atoms with Crippen LogP contribution in [0.25, 0.3) is 0 Å². The smallest absolute Gasteiger partial charge is 0.0146 e. The van der Waals surface area contributed by atoms with Crippen molar-refractivity contribution in [1.29, 1.82) is 0 Å². The van der Waals surface area contributed by atoms with Gasteiger partial charge in [0.1, 0.15) is 0 Å². The van der Waals surface area contributed by atoms with Crippen molar-refractivity contribution in [2.45, 2.75) is 86.0 Å². The second-order valence-corrected chi connectivity index (χ2v) is 8.26. The molecule has 2 aliphatic rings. The van der Waals surface area contributed by atoms with Crippen LogP contribution in [0.3, 0.4) is 0 Å². The summed E-state index contributed by atoms with van der Waals surface area (Å²) >= 11 is 0. The fourth-order valence-electron chi connectivity index (χ4n) is 5.41. The molecule has 116 valence electrons. The predicted octanol–water partition coefficient (Wildman–Crippen LogP) is 6.61. The summed E-state index contributed by atoms with van der Waals surface area (Å²) < 4.78 is 0. The summed E-state index contributed by atoms with van der Waals surface area (Å²) in [6, 6.07) is 0. The summed E-state index contributed by atoms with van der Waals surface area (Å²) in [7, 11) is 0. The van der Waals surface area contributed by atoms with Gasteiger partial charge in [0.05, 0.1) is 0 Å². The largest absolute Gasteiger partial charge is 0.0882 e. The van der Waals surface area contributed by atoms with E-state index >= 15 is 0 Å². The first-order valence-corrected chi connectivity index (χ1v) is 9.14. The minimum absolute atomic E-state index is 0.622. The standard InChI is InChI=1S/C20H36/c1-6-17-11-8-14-20(5)18(12-13-19(17)20)16(4)10-7-9-15(2)3/h6,15-16,18-19H,7-14H2,1-5H3. The van der Waals surface area contributed by atoms with E-state index in [0.717, 1.165) is 23.7 Å². The van der Waals surface area contributed by atoms with Gasteiger partial charge in [0, 0.05) is 0 Å². The van der Waals surface area contributed by atoms with E-state index in [4.69, 9.17) is 0 Å². The number of hydrogen-bond donors (Lipinski definition) is 0. The number of rotatable bonds is 5. The van der Waals surface area contributed by atoms with Crippen LogP contribution in [-0.2, 0) is 0 Å². The summed E-state index contributed by atoms with van der Waals surface area (Å²) in [5, 5.41) is 0. The summed E-state index contributed by atoms with van der Waals surface area (Å²) in [4.78, 5) is 0. The Labute approximate surface area is 127 Å². The molecule has 2 rings (SSSR count). The highest BCUT2D eigenvalue weighted by atomic mass is 14.5. The van der Waals surface area contributed by atoms with Crippen molar-refractivity contribution in [3.05, 3.63) is 11.6 Å². The summed E-state index contributed by atoms with van der Waals surface area (Å²) in [5.74, 6) is 3.70. The minimum Gasteiger partial charge on any atom is -0.0882 e. The van der Waals surface area contributed by atoms with Crippen LogP contribution in [-0.4, -0.2) is 0 Å². The fraction of sp³-hybridized carbons (Fsp3) is 0.900. The Kier molecular flexibility index (Phi) is 5.37. The highest BCUT2D eigenvalue weighted by molar-refractivity contribution is 5.17. The van der Waals surface area contributed by atoms with E-state index in [0.29, 0.717) is 5.41 Å². The molecule has 0 radical (unpaired) electrons. The number of allylic oxidation sites excluding steroid dienone is 2. The van der Waals surface area contributed by atoms with Gasteiger partial charge in [-0.3, -0.25) is 0 Å². The van der Waals surface area contributed by atoms with Gasteiger partial charge in [-0.05, 0) is 68.1 Å². The van der Waals surface area contributed by atoms with E-state index in [1.54, 1.807) is 5.57 Å². The van der Waals surface area contributed by atoms with Crippen molar-refractivity contribution >= 4 is 0 Å². The van der Waals surface area contributed by atoms with Crippen molar-refractivity contribution in [2.24, 2.45) is 29.1 Å². The van der Waals surface area contributed by atoms with Crippen molar-refractivity contribution in [3.63, 3.8) is 0 Å². The molecule has 2 saturated carbocycles. The molecule has 0 bridgehead atoms. The third-order valence-electron chi connectivity index (χ3n) is 6.54. The molecule has 0 spiro atoms. The quantitative estimate of drug-likeness (QED) is 0.495. The summed E-state index contributed by atoms with van der Waals surface area (Å²) in [5.41, 5.74) is 2.41. The van der Waals surface area contributed by atoms with Crippen molar-refractivity contribution < 1.29 is 0 Å². The zero-order chi connectivity index (χ0) is 14.8. The SMILES string of the molecule is CC=C1CCCC2(C)C1CCC2C(C)CCCC(C)C. The molecule has 0 saturated heterocycles. The Balaban J connectivity index is 1.99. The maximum absolute atomic E-state index is 2.62. The first-order chi connectivity index (χ1) is 9.49. The van der Waals surface area contributed by atoms with Crippen LogP contribution in [0, 0.1) is 29.1 Å². The van der Waals surface area contributed by atoms with Crippen LogP contribution >= 0.6 is 0 Å². The first-order valence-electron chi connectivity index (χ1n) is 9.14. The molecule has 0 aliphatic heterocycles. The van der Waals surface area contributed by atoms with Crippen LogP contribution in [0.4, 0.5) is 0 Å². The van der Waals surface area contributed by atoms with Crippen molar-refractivity contribution in [1.82, 2.24) is 0 Å². The van der Waals surface area contributed by atoms with Gasteiger partial charge >= 0.3 is 0 Å². The van der Waals surface area contributed by atoms with E-state index in [1.807, 2.05) is 0 Å². The minimum atomic E-state index is 0.622. The Morgan fingerprint density at radius 3 is 2.60 bits per heavy atom. The van der Waals surface area contributed by atoms with Crippen molar-refractivity contribution in [3.8, 4) is 0 Å². The molecule has 20 heavy (non-hydrogen) atoms. The Hall–Kier alpha value is -0.260. The van der Waals surface area contributed by atoms with Crippen LogP contribution in [0.1, 0.15) is 86.0 Å². The lowest BCUT2D eigenvalue weighted by molar-refractivity contribution is 0.0927. The summed E-state index contributed by atoms with van der Waals surface area (Å²) in [6.07, 6.45) is 14.0. The third-order valence-corrected chi connectivity index (χ3v) is 6.54. The molecular formula is C20H36. The third kappa shape index (κ3) is 3.15. The molecule has 4 unspecified atom stereocenters. The van der Waals surface area contributed by atoms with Gasteiger partial charge in [0.2, 0.25) is 0 Å². The number of fused-ring (bicyclic) bond motifs is 1. The molecule has 4 atom stereocenters. The lowest BCUT2D eigenvalue weighted by Gasteiger charge is -2.44. The highest BCUT2D eigenvalue weighted by Crippen LogP contribution is 2.59. The average Bonchev–Trinajstić information content (AvgIpc) is 2.75. The lowest BCUT2D eigenvalue weighted by Crippen LogP contribution is -2.35. The number of hydrogen-bond acceptors (Lipinski definition) is 0. The second kappa shape index (κ2) is 6.67. The Bertz CT molecular complexity index is 338. The van der Waals surface area contributed by atoms with E-state index in [-0.39, 0.29) is 0 Å². The van der Waals surface area contributed by atoms with Crippen LogP contribution in [0.15, 0.2) is 11.6 Å². The van der Waals surface area contributed by atoms with Crippen LogP contribution in [0.2, 0.25) is 0 Å². The highest BCUT2D eigenvalue weighted by Gasteiger charge is 2.50. The monoisotopic (exact) mass is 276 g/mol. The molecule has 0 aromatic carbocycles. The molecule has 0 heteroatoms. The second-order valence-electron chi connectivity index (χ2n) is 8.26. The molecular weight excluding hydrogens is 240 g/mol. The molecule has 0 heterocycles. The van der Waals surface area contributed by atoms with Gasteiger partial charge in [-0.15, -0.1) is 0 Å². The van der Waals surface area contributed by atoms with E-state index in [2.05, 4.69) is 40.7 Å². The zero-order valence-electron chi connectivity index (χ0n) is 14.5. The predicted molar refractivity (Wildman–Crippen MR) is 89.8 cm³/mol. The van der Waals surface area contributed by atoms with Gasteiger partial charge < -0.3 is 0 Å². The normalized spacial score (nSPS) is 37.4. The first kappa shape index (κ1) is 16.1. The Morgan fingerprint density at radius 2 is 1.95 bits per heavy atom. The zero-order valence-corrected chi connectivity index (χ0v) is 14.5. The van der Waals surface area contributed by atoms with Gasteiger partial charge in [-0.1, -0.05) is 58.6 Å². The summed E-state index contributed by atoms with van der Waals surface area (Å²) in [6.45, 7) is 12.1.